The van der Waals surface area contributed by atoms with Crippen molar-refractivity contribution in [3.05, 3.63) is 35.9 Å². The quantitative estimate of drug-likeness (QED) is 0.845. The maximum atomic E-state index is 13.1. The van der Waals surface area contributed by atoms with Crippen molar-refractivity contribution in [1.29, 1.82) is 0 Å². The van der Waals surface area contributed by atoms with Gasteiger partial charge in [-0.3, -0.25) is 4.79 Å². The standard InChI is InChI=1S/C22H34N4O2/c1-3-24(4-2)22(28)25-12-10-18(11-13-25)21(27)26-15-19(14-23)20(16-26)17-8-6-5-7-9-17/h5-9,18-20H,3-4,10-16,23H2,1-2H3/t19-,20+/m1/s1. The molecule has 6 nitrogen and oxygen atoms in total. The molecule has 3 amide bonds. The van der Waals surface area contributed by atoms with Crippen molar-refractivity contribution in [2.45, 2.75) is 32.6 Å². The van der Waals surface area contributed by atoms with E-state index in [9.17, 15) is 9.59 Å². The zero-order chi connectivity index (χ0) is 20.1. The molecule has 28 heavy (non-hydrogen) atoms. The summed E-state index contributed by atoms with van der Waals surface area (Å²) in [4.78, 5) is 31.4. The highest BCUT2D eigenvalue weighted by atomic mass is 16.2. The topological polar surface area (TPSA) is 69.9 Å². The second-order valence-corrected chi connectivity index (χ2v) is 7.97. The molecular formula is C22H34N4O2. The lowest BCUT2D eigenvalue weighted by atomic mass is 9.89. The predicted octanol–water partition coefficient (Wildman–Crippen LogP) is 2.36. The Labute approximate surface area is 168 Å². The molecule has 2 aliphatic heterocycles. The molecule has 0 radical (unpaired) electrons. The van der Waals surface area contributed by atoms with Gasteiger partial charge in [0.2, 0.25) is 5.91 Å². The Bertz CT molecular complexity index is 654. The Hall–Kier alpha value is -2.08. The lowest BCUT2D eigenvalue weighted by Gasteiger charge is -2.35. The second-order valence-electron chi connectivity index (χ2n) is 7.97. The molecule has 2 heterocycles. The lowest BCUT2D eigenvalue weighted by Crippen LogP contribution is -2.48. The molecule has 2 aliphatic rings. The van der Waals surface area contributed by atoms with E-state index in [0.717, 1.165) is 39.0 Å². The van der Waals surface area contributed by atoms with Gasteiger partial charge in [-0.25, -0.2) is 4.79 Å². The molecule has 2 saturated heterocycles. The predicted molar refractivity (Wildman–Crippen MR) is 111 cm³/mol. The first kappa shape index (κ1) is 20.6. The number of rotatable bonds is 5. The van der Waals surface area contributed by atoms with Gasteiger partial charge in [0, 0.05) is 51.1 Å². The van der Waals surface area contributed by atoms with E-state index in [-0.39, 0.29) is 17.9 Å². The number of carbonyl (C=O) groups is 2. The van der Waals surface area contributed by atoms with Crippen molar-refractivity contribution in [1.82, 2.24) is 14.7 Å². The molecule has 2 N–H and O–H groups in total. The summed E-state index contributed by atoms with van der Waals surface area (Å²) >= 11 is 0. The summed E-state index contributed by atoms with van der Waals surface area (Å²) in [5.41, 5.74) is 7.29. The lowest BCUT2D eigenvalue weighted by molar-refractivity contribution is -0.136. The summed E-state index contributed by atoms with van der Waals surface area (Å²) in [6.45, 7) is 8.89. The average Bonchev–Trinajstić information content (AvgIpc) is 3.19. The summed E-state index contributed by atoms with van der Waals surface area (Å²) in [5, 5.41) is 0. The van der Waals surface area contributed by atoms with Gasteiger partial charge >= 0.3 is 6.03 Å². The molecule has 0 aliphatic carbocycles. The smallest absolute Gasteiger partial charge is 0.319 e. The number of piperidine rings is 1. The molecule has 0 unspecified atom stereocenters. The minimum absolute atomic E-state index is 0.0219. The largest absolute Gasteiger partial charge is 0.341 e. The summed E-state index contributed by atoms with van der Waals surface area (Å²) in [6.07, 6.45) is 1.51. The SMILES string of the molecule is CCN(CC)C(=O)N1CCC(C(=O)N2C[C@@H](CN)[C@H](c3ccccc3)C2)CC1. The fraction of sp³-hybridized carbons (Fsp3) is 0.636. The van der Waals surface area contributed by atoms with E-state index in [1.54, 1.807) is 0 Å². The number of nitrogens with two attached hydrogens (primary N) is 1. The van der Waals surface area contributed by atoms with Crippen LogP contribution in [0.4, 0.5) is 4.79 Å². The zero-order valence-electron chi connectivity index (χ0n) is 17.2. The Kier molecular flexibility index (Phi) is 6.94. The van der Waals surface area contributed by atoms with Crippen molar-refractivity contribution in [3.63, 3.8) is 0 Å². The fourth-order valence-electron chi connectivity index (χ4n) is 4.64. The molecule has 0 spiro atoms. The van der Waals surface area contributed by atoms with Crippen molar-refractivity contribution in [2.24, 2.45) is 17.6 Å². The number of benzene rings is 1. The first-order chi connectivity index (χ1) is 13.6. The highest BCUT2D eigenvalue weighted by Crippen LogP contribution is 2.34. The molecule has 0 aromatic heterocycles. The van der Waals surface area contributed by atoms with Gasteiger partial charge in [-0.15, -0.1) is 0 Å². The first-order valence-electron chi connectivity index (χ1n) is 10.7. The van der Waals surface area contributed by atoms with Crippen LogP contribution in [0.2, 0.25) is 0 Å². The van der Waals surface area contributed by atoms with Crippen molar-refractivity contribution in [2.75, 3.05) is 45.8 Å². The average molecular weight is 387 g/mol. The van der Waals surface area contributed by atoms with Gasteiger partial charge in [-0.1, -0.05) is 30.3 Å². The van der Waals surface area contributed by atoms with Crippen LogP contribution in [0.5, 0.6) is 0 Å². The number of amides is 3. The molecular weight excluding hydrogens is 352 g/mol. The summed E-state index contributed by atoms with van der Waals surface area (Å²) in [6, 6.07) is 10.5. The summed E-state index contributed by atoms with van der Waals surface area (Å²) in [5.74, 6) is 0.899. The minimum Gasteiger partial charge on any atom is -0.341 e. The maximum Gasteiger partial charge on any atom is 0.319 e. The summed E-state index contributed by atoms with van der Waals surface area (Å²) < 4.78 is 0. The molecule has 1 aromatic rings. The van der Waals surface area contributed by atoms with E-state index < -0.39 is 0 Å². The van der Waals surface area contributed by atoms with Crippen LogP contribution in [0.15, 0.2) is 30.3 Å². The van der Waals surface area contributed by atoms with Crippen LogP contribution in [0.25, 0.3) is 0 Å². The van der Waals surface area contributed by atoms with Crippen molar-refractivity contribution >= 4 is 11.9 Å². The molecule has 0 bridgehead atoms. The molecule has 2 atom stereocenters. The number of likely N-dealkylation sites (tertiary alicyclic amines) is 2. The van der Waals surface area contributed by atoms with E-state index >= 15 is 0 Å². The van der Waals surface area contributed by atoms with Crippen LogP contribution < -0.4 is 5.73 Å². The van der Waals surface area contributed by atoms with Crippen LogP contribution >= 0.6 is 0 Å². The van der Waals surface area contributed by atoms with E-state index in [1.807, 2.05) is 34.6 Å². The van der Waals surface area contributed by atoms with Crippen LogP contribution in [0.1, 0.15) is 38.2 Å². The van der Waals surface area contributed by atoms with Gasteiger partial charge in [0.25, 0.3) is 0 Å². The number of hydrogen-bond acceptors (Lipinski definition) is 3. The van der Waals surface area contributed by atoms with Crippen LogP contribution in [0.3, 0.4) is 0 Å². The highest BCUT2D eigenvalue weighted by Gasteiger charge is 2.38. The Morgan fingerprint density at radius 2 is 1.68 bits per heavy atom. The third-order valence-corrected chi connectivity index (χ3v) is 6.43. The molecule has 2 fully saturated rings. The van der Waals surface area contributed by atoms with Crippen molar-refractivity contribution in [3.8, 4) is 0 Å². The Balaban J connectivity index is 1.57. The molecule has 0 saturated carbocycles. The Morgan fingerprint density at radius 3 is 2.25 bits per heavy atom. The van der Waals surface area contributed by atoms with Gasteiger partial charge in [-0.2, -0.15) is 0 Å². The van der Waals surface area contributed by atoms with Crippen LogP contribution in [-0.4, -0.2) is 72.5 Å². The van der Waals surface area contributed by atoms with E-state index in [2.05, 4.69) is 24.3 Å². The third kappa shape index (κ3) is 4.32. The molecule has 1 aromatic carbocycles. The van der Waals surface area contributed by atoms with E-state index in [1.165, 1.54) is 5.56 Å². The van der Waals surface area contributed by atoms with Crippen LogP contribution in [0, 0.1) is 11.8 Å². The normalized spacial score (nSPS) is 23.1. The molecule has 6 heteroatoms. The number of carbonyl (C=O) groups excluding carboxylic acids is 2. The molecule has 154 valence electrons. The van der Waals surface area contributed by atoms with Gasteiger partial charge in [0.1, 0.15) is 0 Å². The van der Waals surface area contributed by atoms with Gasteiger partial charge < -0.3 is 20.4 Å². The van der Waals surface area contributed by atoms with Gasteiger partial charge in [0.05, 0.1) is 0 Å². The maximum absolute atomic E-state index is 13.1. The monoisotopic (exact) mass is 386 g/mol. The first-order valence-corrected chi connectivity index (χ1v) is 10.7. The van der Waals surface area contributed by atoms with Gasteiger partial charge in [-0.05, 0) is 44.7 Å². The van der Waals surface area contributed by atoms with Crippen molar-refractivity contribution < 1.29 is 9.59 Å². The number of urea groups is 1. The Morgan fingerprint density at radius 1 is 1.04 bits per heavy atom. The number of nitrogens with zero attached hydrogens (tertiary/aromatic N) is 3. The third-order valence-electron chi connectivity index (χ3n) is 6.43. The zero-order valence-corrected chi connectivity index (χ0v) is 17.2. The number of hydrogen-bond donors (Lipinski definition) is 1. The molecule has 3 rings (SSSR count). The minimum atomic E-state index is 0.0219. The van der Waals surface area contributed by atoms with Crippen LogP contribution in [-0.2, 0) is 4.79 Å². The fourth-order valence-corrected chi connectivity index (χ4v) is 4.64. The second kappa shape index (κ2) is 9.41. The van der Waals surface area contributed by atoms with E-state index in [4.69, 9.17) is 5.73 Å². The summed E-state index contributed by atoms with van der Waals surface area (Å²) in [7, 11) is 0. The van der Waals surface area contributed by atoms with E-state index in [0.29, 0.717) is 31.5 Å². The van der Waals surface area contributed by atoms with Gasteiger partial charge in [0.15, 0.2) is 0 Å². The highest BCUT2D eigenvalue weighted by molar-refractivity contribution is 5.80.